The fourth-order valence-electron chi connectivity index (χ4n) is 1.59. The third-order valence-corrected chi connectivity index (χ3v) is 2.77. The van der Waals surface area contributed by atoms with E-state index in [1.54, 1.807) is 24.3 Å². The summed E-state index contributed by atoms with van der Waals surface area (Å²) in [5.74, 6) is -0.365. The summed E-state index contributed by atoms with van der Waals surface area (Å²) >= 11 is 0. The molecular weight excluding hydrogens is 192 g/mol. The van der Waals surface area contributed by atoms with Gasteiger partial charge in [0.1, 0.15) is 6.61 Å². The SMILES string of the molecule is O=C(OCC1(O)CCC1)c1ccccc1. The highest BCUT2D eigenvalue weighted by molar-refractivity contribution is 5.89. The van der Waals surface area contributed by atoms with Crippen LogP contribution < -0.4 is 0 Å². The molecule has 0 spiro atoms. The Kier molecular flexibility index (Phi) is 2.73. The molecule has 0 saturated heterocycles. The number of hydrogen-bond donors (Lipinski definition) is 1. The average molecular weight is 206 g/mol. The minimum Gasteiger partial charge on any atom is -0.459 e. The summed E-state index contributed by atoms with van der Waals surface area (Å²) in [6, 6.07) is 8.82. The van der Waals surface area contributed by atoms with Gasteiger partial charge in [0, 0.05) is 0 Å². The molecule has 3 heteroatoms. The number of benzene rings is 1. The van der Waals surface area contributed by atoms with Crippen LogP contribution in [-0.4, -0.2) is 23.3 Å². The third-order valence-electron chi connectivity index (χ3n) is 2.77. The van der Waals surface area contributed by atoms with Crippen molar-refractivity contribution in [3.8, 4) is 0 Å². The average Bonchev–Trinajstić information content (AvgIpc) is 2.24. The Morgan fingerprint density at radius 3 is 2.53 bits per heavy atom. The molecule has 1 aliphatic rings. The lowest BCUT2D eigenvalue weighted by Gasteiger charge is -2.35. The van der Waals surface area contributed by atoms with Gasteiger partial charge in [0.25, 0.3) is 0 Å². The van der Waals surface area contributed by atoms with Crippen LogP contribution in [0.25, 0.3) is 0 Å². The lowest BCUT2D eigenvalue weighted by atomic mass is 9.81. The van der Waals surface area contributed by atoms with Crippen LogP contribution in [0, 0.1) is 0 Å². The molecule has 0 atom stereocenters. The Balaban J connectivity index is 1.88. The van der Waals surface area contributed by atoms with Crippen LogP contribution in [0.5, 0.6) is 0 Å². The van der Waals surface area contributed by atoms with Crippen molar-refractivity contribution < 1.29 is 14.6 Å². The molecule has 2 rings (SSSR count). The Morgan fingerprint density at radius 2 is 2.00 bits per heavy atom. The number of carbonyl (C=O) groups excluding carboxylic acids is 1. The molecule has 3 nitrogen and oxygen atoms in total. The van der Waals surface area contributed by atoms with Crippen molar-refractivity contribution in [2.24, 2.45) is 0 Å². The minimum atomic E-state index is -0.759. The lowest BCUT2D eigenvalue weighted by molar-refractivity contribution is -0.0810. The number of aliphatic hydroxyl groups is 1. The summed E-state index contributed by atoms with van der Waals surface area (Å²) in [5, 5.41) is 9.73. The van der Waals surface area contributed by atoms with E-state index >= 15 is 0 Å². The van der Waals surface area contributed by atoms with Gasteiger partial charge in [0.05, 0.1) is 11.2 Å². The molecule has 0 radical (unpaired) electrons. The Bertz CT molecular complexity index is 341. The Hall–Kier alpha value is -1.35. The minimum absolute atomic E-state index is 0.112. The summed E-state index contributed by atoms with van der Waals surface area (Å²) in [5.41, 5.74) is -0.231. The lowest BCUT2D eigenvalue weighted by Crippen LogP contribution is -2.42. The van der Waals surface area contributed by atoms with E-state index in [0.717, 1.165) is 19.3 Å². The molecule has 1 saturated carbocycles. The van der Waals surface area contributed by atoms with Gasteiger partial charge in [0.15, 0.2) is 0 Å². The molecule has 0 aliphatic heterocycles. The van der Waals surface area contributed by atoms with Gasteiger partial charge in [-0.1, -0.05) is 18.2 Å². The van der Waals surface area contributed by atoms with Crippen LogP contribution in [0.2, 0.25) is 0 Å². The second-order valence-corrected chi connectivity index (χ2v) is 4.02. The van der Waals surface area contributed by atoms with Gasteiger partial charge in [-0.25, -0.2) is 4.79 Å². The molecule has 1 N–H and O–H groups in total. The van der Waals surface area contributed by atoms with Crippen LogP contribution in [0.1, 0.15) is 29.6 Å². The van der Waals surface area contributed by atoms with E-state index in [1.165, 1.54) is 0 Å². The molecule has 15 heavy (non-hydrogen) atoms. The van der Waals surface area contributed by atoms with Crippen LogP contribution in [-0.2, 0) is 4.74 Å². The van der Waals surface area contributed by atoms with Crippen molar-refractivity contribution in [2.75, 3.05) is 6.61 Å². The molecule has 0 heterocycles. The largest absolute Gasteiger partial charge is 0.459 e. The molecule has 80 valence electrons. The summed E-state index contributed by atoms with van der Waals surface area (Å²) < 4.78 is 5.05. The first-order valence-electron chi connectivity index (χ1n) is 5.14. The highest BCUT2D eigenvalue weighted by atomic mass is 16.5. The quantitative estimate of drug-likeness (QED) is 0.766. The van der Waals surface area contributed by atoms with Gasteiger partial charge in [-0.05, 0) is 31.4 Å². The predicted molar refractivity (Wildman–Crippen MR) is 55.5 cm³/mol. The van der Waals surface area contributed by atoms with Crippen LogP contribution in [0.3, 0.4) is 0 Å². The molecule has 1 fully saturated rings. The summed E-state index contributed by atoms with van der Waals surface area (Å²) in [4.78, 5) is 11.5. The first-order valence-corrected chi connectivity index (χ1v) is 5.14. The third kappa shape index (κ3) is 2.36. The molecular formula is C12H14O3. The molecule has 0 aromatic heterocycles. The zero-order chi connectivity index (χ0) is 10.7. The maximum Gasteiger partial charge on any atom is 0.338 e. The Morgan fingerprint density at radius 1 is 1.33 bits per heavy atom. The maximum atomic E-state index is 11.5. The smallest absolute Gasteiger partial charge is 0.338 e. The molecule has 0 amide bonds. The fourth-order valence-corrected chi connectivity index (χ4v) is 1.59. The van der Waals surface area contributed by atoms with E-state index in [1.807, 2.05) is 6.07 Å². The van der Waals surface area contributed by atoms with Gasteiger partial charge >= 0.3 is 5.97 Å². The van der Waals surface area contributed by atoms with Crippen molar-refractivity contribution in [1.82, 2.24) is 0 Å². The van der Waals surface area contributed by atoms with Gasteiger partial charge in [-0.3, -0.25) is 0 Å². The number of ether oxygens (including phenoxy) is 1. The summed E-state index contributed by atoms with van der Waals surface area (Å²) in [6.45, 7) is 0.112. The molecule has 0 bridgehead atoms. The highest BCUT2D eigenvalue weighted by Gasteiger charge is 2.35. The van der Waals surface area contributed by atoms with E-state index in [0.29, 0.717) is 5.56 Å². The number of esters is 1. The number of carbonyl (C=O) groups is 1. The predicted octanol–water partition coefficient (Wildman–Crippen LogP) is 1.76. The van der Waals surface area contributed by atoms with Gasteiger partial charge in [-0.2, -0.15) is 0 Å². The van der Waals surface area contributed by atoms with Crippen LogP contribution in [0.4, 0.5) is 0 Å². The van der Waals surface area contributed by atoms with Gasteiger partial charge < -0.3 is 9.84 Å². The number of rotatable bonds is 3. The number of hydrogen-bond acceptors (Lipinski definition) is 3. The molecule has 0 unspecified atom stereocenters. The fraction of sp³-hybridized carbons (Fsp3) is 0.417. The van der Waals surface area contributed by atoms with Crippen molar-refractivity contribution in [1.29, 1.82) is 0 Å². The van der Waals surface area contributed by atoms with Crippen molar-refractivity contribution in [2.45, 2.75) is 24.9 Å². The standard InChI is InChI=1S/C12H14O3/c13-11(10-5-2-1-3-6-10)15-9-12(14)7-4-8-12/h1-3,5-6,14H,4,7-9H2. The van der Waals surface area contributed by atoms with Gasteiger partial charge in [-0.15, -0.1) is 0 Å². The zero-order valence-electron chi connectivity index (χ0n) is 8.48. The van der Waals surface area contributed by atoms with Crippen LogP contribution in [0.15, 0.2) is 30.3 Å². The summed E-state index contributed by atoms with van der Waals surface area (Å²) in [6.07, 6.45) is 2.48. The second kappa shape index (κ2) is 4.03. The molecule has 1 aliphatic carbocycles. The monoisotopic (exact) mass is 206 g/mol. The van der Waals surface area contributed by atoms with E-state index in [4.69, 9.17) is 4.74 Å². The molecule has 1 aromatic rings. The van der Waals surface area contributed by atoms with Gasteiger partial charge in [0.2, 0.25) is 0 Å². The first-order chi connectivity index (χ1) is 7.20. The zero-order valence-corrected chi connectivity index (χ0v) is 8.48. The van der Waals surface area contributed by atoms with Crippen molar-refractivity contribution in [3.05, 3.63) is 35.9 Å². The van der Waals surface area contributed by atoms with Crippen molar-refractivity contribution in [3.63, 3.8) is 0 Å². The Labute approximate surface area is 88.7 Å². The van der Waals surface area contributed by atoms with E-state index in [-0.39, 0.29) is 12.6 Å². The highest BCUT2D eigenvalue weighted by Crippen LogP contribution is 2.31. The molecule has 1 aromatic carbocycles. The van der Waals surface area contributed by atoms with E-state index < -0.39 is 5.60 Å². The van der Waals surface area contributed by atoms with E-state index in [9.17, 15) is 9.90 Å². The van der Waals surface area contributed by atoms with E-state index in [2.05, 4.69) is 0 Å². The normalized spacial score (nSPS) is 17.9. The van der Waals surface area contributed by atoms with Crippen molar-refractivity contribution >= 4 is 5.97 Å². The second-order valence-electron chi connectivity index (χ2n) is 4.02. The topological polar surface area (TPSA) is 46.5 Å². The first kappa shape index (κ1) is 10.2. The van der Waals surface area contributed by atoms with Crippen LogP contribution >= 0.6 is 0 Å². The summed E-state index contributed by atoms with van der Waals surface area (Å²) in [7, 11) is 0. The maximum absolute atomic E-state index is 11.5.